The van der Waals surface area contributed by atoms with Crippen LogP contribution < -0.4 is 15.6 Å². The molecule has 0 aromatic carbocycles. The number of methoxy groups -OCH3 is 1. The van der Waals surface area contributed by atoms with Gasteiger partial charge in [0.15, 0.2) is 5.82 Å². The van der Waals surface area contributed by atoms with Crippen molar-refractivity contribution in [2.45, 2.75) is 53.0 Å². The van der Waals surface area contributed by atoms with Crippen molar-refractivity contribution >= 4 is 5.82 Å². The molecule has 1 aliphatic carbocycles. The number of hydrogen-bond acceptors (Lipinski definition) is 4. The number of rotatable bonds is 3. The molecule has 0 radical (unpaired) electrons. The highest BCUT2D eigenvalue weighted by Gasteiger charge is 2.38. The number of aromatic amines is 1. The fourth-order valence-electron chi connectivity index (χ4n) is 3.82. The number of nitrogens with zero attached hydrogens (tertiary/aromatic N) is 1. The number of H-pyrrole nitrogens is 1. The highest BCUT2D eigenvalue weighted by molar-refractivity contribution is 5.48. The summed E-state index contributed by atoms with van der Waals surface area (Å²) in [7, 11) is 1.49. The zero-order valence-corrected chi connectivity index (χ0v) is 13.0. The van der Waals surface area contributed by atoms with E-state index in [9.17, 15) is 4.79 Å². The molecule has 0 saturated heterocycles. The van der Waals surface area contributed by atoms with Crippen molar-refractivity contribution in [3.05, 3.63) is 16.7 Å². The second-order valence-corrected chi connectivity index (χ2v) is 7.37. The van der Waals surface area contributed by atoms with E-state index in [4.69, 9.17) is 4.74 Å². The molecule has 1 fully saturated rings. The number of ether oxygens (including phenoxy) is 1. The molecule has 5 heteroatoms. The molecule has 0 unspecified atom stereocenters. The number of nitrogens with one attached hydrogen (secondary N) is 2. The summed E-state index contributed by atoms with van der Waals surface area (Å²) in [6.07, 6.45) is 4.74. The molecule has 20 heavy (non-hydrogen) atoms. The molecule has 0 aliphatic heterocycles. The lowest BCUT2D eigenvalue weighted by Crippen LogP contribution is -2.40. The first-order valence-electron chi connectivity index (χ1n) is 7.11. The van der Waals surface area contributed by atoms with Crippen molar-refractivity contribution in [2.24, 2.45) is 10.8 Å². The van der Waals surface area contributed by atoms with Crippen molar-refractivity contribution in [1.82, 2.24) is 9.97 Å². The van der Waals surface area contributed by atoms with Gasteiger partial charge in [0.05, 0.1) is 13.4 Å². The summed E-state index contributed by atoms with van der Waals surface area (Å²) in [5, 5.41) is 3.40. The molecular weight excluding hydrogens is 254 g/mol. The zero-order chi connectivity index (χ0) is 15.0. The van der Waals surface area contributed by atoms with Crippen LogP contribution in [-0.2, 0) is 0 Å². The van der Waals surface area contributed by atoms with E-state index in [2.05, 4.69) is 43.0 Å². The van der Waals surface area contributed by atoms with Gasteiger partial charge in [-0.15, -0.1) is 0 Å². The minimum Gasteiger partial charge on any atom is -0.489 e. The summed E-state index contributed by atoms with van der Waals surface area (Å²) >= 11 is 0. The largest absolute Gasteiger partial charge is 0.489 e. The highest BCUT2D eigenvalue weighted by atomic mass is 16.5. The van der Waals surface area contributed by atoms with Gasteiger partial charge < -0.3 is 15.0 Å². The van der Waals surface area contributed by atoms with E-state index in [0.717, 1.165) is 12.8 Å². The first-order chi connectivity index (χ1) is 9.22. The van der Waals surface area contributed by atoms with E-state index in [1.807, 2.05) is 0 Å². The van der Waals surface area contributed by atoms with E-state index < -0.39 is 0 Å². The molecule has 0 amide bonds. The Morgan fingerprint density at radius 1 is 1.30 bits per heavy atom. The predicted molar refractivity (Wildman–Crippen MR) is 80.2 cm³/mol. The monoisotopic (exact) mass is 279 g/mol. The van der Waals surface area contributed by atoms with Gasteiger partial charge in [-0.1, -0.05) is 27.7 Å². The maximum atomic E-state index is 11.7. The predicted octanol–water partition coefficient (Wildman–Crippen LogP) is 2.80. The molecule has 1 aromatic heterocycles. The fraction of sp³-hybridized carbons (Fsp3) is 0.733. The van der Waals surface area contributed by atoms with E-state index in [1.165, 1.54) is 19.9 Å². The van der Waals surface area contributed by atoms with Crippen LogP contribution in [0.1, 0.15) is 47.0 Å². The molecule has 1 aromatic rings. The smallest absolute Gasteiger partial charge is 0.295 e. The number of hydrogen-bond donors (Lipinski definition) is 2. The Balaban J connectivity index is 2.22. The van der Waals surface area contributed by atoms with Gasteiger partial charge in [0, 0.05) is 6.04 Å². The molecule has 0 atom stereocenters. The van der Waals surface area contributed by atoms with Gasteiger partial charge >= 0.3 is 0 Å². The minimum atomic E-state index is -0.251. The molecular formula is C15H25N3O2. The molecule has 0 spiro atoms. The molecule has 1 aliphatic rings. The van der Waals surface area contributed by atoms with Crippen LogP contribution in [0.4, 0.5) is 5.82 Å². The van der Waals surface area contributed by atoms with Gasteiger partial charge in [0.2, 0.25) is 5.75 Å². The van der Waals surface area contributed by atoms with E-state index >= 15 is 0 Å². The second-order valence-electron chi connectivity index (χ2n) is 7.37. The fourth-order valence-corrected chi connectivity index (χ4v) is 3.82. The average Bonchev–Trinajstić information content (AvgIpc) is 2.24. The zero-order valence-electron chi connectivity index (χ0n) is 13.0. The maximum Gasteiger partial charge on any atom is 0.295 e. The topological polar surface area (TPSA) is 67.0 Å². The lowest BCUT2D eigenvalue weighted by molar-refractivity contribution is 0.105. The van der Waals surface area contributed by atoms with Gasteiger partial charge in [-0.2, -0.15) is 0 Å². The van der Waals surface area contributed by atoms with Gasteiger partial charge in [-0.3, -0.25) is 4.79 Å². The Hall–Kier alpha value is -1.52. The summed E-state index contributed by atoms with van der Waals surface area (Å²) < 4.78 is 5.15. The summed E-state index contributed by atoms with van der Waals surface area (Å²) in [6.45, 7) is 9.19. The SMILES string of the molecule is COc1c(NC2CC(C)(C)CC(C)(C)C2)nc[nH]c1=O. The number of anilines is 1. The third-order valence-electron chi connectivity index (χ3n) is 3.91. The van der Waals surface area contributed by atoms with E-state index in [-0.39, 0.29) is 22.1 Å². The third kappa shape index (κ3) is 3.32. The van der Waals surface area contributed by atoms with Crippen LogP contribution >= 0.6 is 0 Å². The Kier molecular flexibility index (Phi) is 3.80. The second kappa shape index (κ2) is 5.11. The van der Waals surface area contributed by atoms with Crippen LogP contribution in [0, 0.1) is 10.8 Å². The standard InChI is InChI=1S/C15H25N3O2/c1-14(2)6-10(7-15(3,4)8-14)18-12-11(20-5)13(19)17-9-16-12/h9-10H,6-8H2,1-5H3,(H2,16,17,18,19). The average molecular weight is 279 g/mol. The van der Waals surface area contributed by atoms with Crippen LogP contribution in [0.5, 0.6) is 5.75 Å². The van der Waals surface area contributed by atoms with E-state index in [0.29, 0.717) is 11.9 Å². The van der Waals surface area contributed by atoms with Crippen molar-refractivity contribution < 1.29 is 4.74 Å². The van der Waals surface area contributed by atoms with Gasteiger partial charge in [-0.25, -0.2) is 4.98 Å². The first kappa shape index (κ1) is 14.9. The van der Waals surface area contributed by atoms with E-state index in [1.54, 1.807) is 0 Å². The van der Waals surface area contributed by atoms with Crippen LogP contribution in [0.25, 0.3) is 0 Å². The minimum absolute atomic E-state index is 0.251. The normalized spacial score (nSPS) is 21.4. The van der Waals surface area contributed by atoms with Gasteiger partial charge in [-0.05, 0) is 30.1 Å². The van der Waals surface area contributed by atoms with Crippen LogP contribution in [0.3, 0.4) is 0 Å². The van der Waals surface area contributed by atoms with Gasteiger partial charge in [0.25, 0.3) is 5.56 Å². The lowest BCUT2D eigenvalue weighted by atomic mass is 9.63. The summed E-state index contributed by atoms with van der Waals surface area (Å²) in [6, 6.07) is 0.303. The molecule has 1 saturated carbocycles. The molecule has 0 bridgehead atoms. The lowest BCUT2D eigenvalue weighted by Gasteiger charge is -2.45. The Morgan fingerprint density at radius 3 is 2.45 bits per heavy atom. The molecule has 5 nitrogen and oxygen atoms in total. The maximum absolute atomic E-state index is 11.7. The summed E-state index contributed by atoms with van der Waals surface area (Å²) in [5.41, 5.74) is 0.321. The Bertz CT molecular complexity index is 518. The van der Waals surface area contributed by atoms with Crippen molar-refractivity contribution in [3.63, 3.8) is 0 Å². The Labute approximate surface area is 120 Å². The van der Waals surface area contributed by atoms with Crippen LogP contribution in [0.2, 0.25) is 0 Å². The van der Waals surface area contributed by atoms with Gasteiger partial charge in [0.1, 0.15) is 0 Å². The van der Waals surface area contributed by atoms with Crippen LogP contribution in [-0.4, -0.2) is 23.1 Å². The quantitative estimate of drug-likeness (QED) is 0.893. The molecule has 2 N–H and O–H groups in total. The van der Waals surface area contributed by atoms with Crippen molar-refractivity contribution in [3.8, 4) is 5.75 Å². The van der Waals surface area contributed by atoms with Crippen LogP contribution in [0.15, 0.2) is 11.1 Å². The molecule has 2 rings (SSSR count). The van der Waals surface area contributed by atoms with Crippen molar-refractivity contribution in [2.75, 3.05) is 12.4 Å². The molecule has 112 valence electrons. The highest BCUT2D eigenvalue weighted by Crippen LogP contribution is 2.46. The van der Waals surface area contributed by atoms with Crippen molar-refractivity contribution in [1.29, 1.82) is 0 Å². The summed E-state index contributed by atoms with van der Waals surface area (Å²) in [5.74, 6) is 0.795. The summed E-state index contributed by atoms with van der Waals surface area (Å²) in [4.78, 5) is 18.4. The first-order valence-corrected chi connectivity index (χ1v) is 7.11. The number of aromatic nitrogens is 2. The molecule has 1 heterocycles. The third-order valence-corrected chi connectivity index (χ3v) is 3.91. The Morgan fingerprint density at radius 2 is 1.90 bits per heavy atom.